The van der Waals surface area contributed by atoms with Gasteiger partial charge in [0.15, 0.2) is 11.6 Å². The highest BCUT2D eigenvalue weighted by molar-refractivity contribution is 5.89. The van der Waals surface area contributed by atoms with Gasteiger partial charge in [-0.1, -0.05) is 12.1 Å². The maximum absolute atomic E-state index is 13.3. The normalized spacial score (nSPS) is 15.2. The first-order chi connectivity index (χ1) is 13.6. The first-order valence-electron chi connectivity index (χ1n) is 9.38. The van der Waals surface area contributed by atoms with Gasteiger partial charge < -0.3 is 15.0 Å². The number of rotatable bonds is 7. The number of likely N-dealkylation sites (N-methyl/N-ethyl adjacent to an activating group) is 1. The Morgan fingerprint density at radius 1 is 1.21 bits per heavy atom. The van der Waals surface area contributed by atoms with E-state index in [2.05, 4.69) is 32.5 Å². The van der Waals surface area contributed by atoms with E-state index in [1.165, 1.54) is 12.1 Å². The van der Waals surface area contributed by atoms with Crippen molar-refractivity contribution in [3.05, 3.63) is 54.0 Å². The molecule has 0 saturated carbocycles. The van der Waals surface area contributed by atoms with Crippen molar-refractivity contribution in [3.8, 4) is 5.75 Å². The molecule has 1 aromatic heterocycles. The molecule has 1 aromatic carbocycles. The fourth-order valence-electron chi connectivity index (χ4n) is 2.94. The van der Waals surface area contributed by atoms with Gasteiger partial charge in [0, 0.05) is 45.5 Å². The Morgan fingerprint density at radius 3 is 2.82 bits per heavy atom. The molecule has 2 heterocycles. The lowest BCUT2D eigenvalue weighted by Crippen LogP contribution is -2.47. The summed E-state index contributed by atoms with van der Waals surface area (Å²) in [7, 11) is 2.11. The van der Waals surface area contributed by atoms with Gasteiger partial charge in [-0.2, -0.15) is 0 Å². The number of halogens is 1. The molecule has 1 aliphatic rings. The highest BCUT2D eigenvalue weighted by atomic mass is 19.1. The standard InChI is InChI=1S/C20H26FN5O2/c1-25-10-12-26(13-11-25)9-8-23-20(27)24-19-18(6-3-7-22-19)28-15-16-4-2-5-17(21)14-16/h2-7,14H,8-13,15H2,1H3,(H2,22,23,24,27). The van der Waals surface area contributed by atoms with Gasteiger partial charge >= 0.3 is 6.03 Å². The summed E-state index contributed by atoms with van der Waals surface area (Å²) < 4.78 is 19.0. The van der Waals surface area contributed by atoms with Crippen LogP contribution < -0.4 is 15.4 Å². The van der Waals surface area contributed by atoms with Crippen LogP contribution in [0.15, 0.2) is 42.6 Å². The molecule has 8 heteroatoms. The first-order valence-corrected chi connectivity index (χ1v) is 9.38. The number of nitrogens with one attached hydrogen (secondary N) is 2. The van der Waals surface area contributed by atoms with E-state index >= 15 is 0 Å². The van der Waals surface area contributed by atoms with Gasteiger partial charge in [-0.3, -0.25) is 10.2 Å². The Hall–Kier alpha value is -2.71. The lowest BCUT2D eigenvalue weighted by atomic mass is 10.2. The van der Waals surface area contributed by atoms with E-state index in [-0.39, 0.29) is 18.5 Å². The number of piperazine rings is 1. The van der Waals surface area contributed by atoms with E-state index < -0.39 is 0 Å². The maximum atomic E-state index is 13.3. The van der Waals surface area contributed by atoms with Crippen molar-refractivity contribution in [3.63, 3.8) is 0 Å². The highest BCUT2D eigenvalue weighted by Crippen LogP contribution is 2.22. The summed E-state index contributed by atoms with van der Waals surface area (Å²) in [6.45, 7) is 5.67. The van der Waals surface area contributed by atoms with Crippen molar-refractivity contribution >= 4 is 11.8 Å². The third kappa shape index (κ3) is 6.17. The molecule has 0 radical (unpaired) electrons. The zero-order valence-corrected chi connectivity index (χ0v) is 16.0. The van der Waals surface area contributed by atoms with E-state index in [0.29, 0.717) is 23.7 Å². The van der Waals surface area contributed by atoms with E-state index in [4.69, 9.17) is 4.74 Å². The van der Waals surface area contributed by atoms with Crippen LogP contribution in [0.4, 0.5) is 15.0 Å². The Kier molecular flexibility index (Phi) is 7.16. The van der Waals surface area contributed by atoms with Crippen molar-refractivity contribution < 1.29 is 13.9 Å². The van der Waals surface area contributed by atoms with Gasteiger partial charge in [-0.05, 0) is 36.9 Å². The number of urea groups is 1. The number of hydrogen-bond donors (Lipinski definition) is 2. The third-order valence-corrected chi connectivity index (χ3v) is 4.60. The third-order valence-electron chi connectivity index (χ3n) is 4.60. The van der Waals surface area contributed by atoms with Crippen molar-refractivity contribution in [2.75, 3.05) is 51.6 Å². The van der Waals surface area contributed by atoms with Gasteiger partial charge in [-0.25, -0.2) is 14.2 Å². The number of benzene rings is 1. The molecular weight excluding hydrogens is 361 g/mol. The summed E-state index contributed by atoms with van der Waals surface area (Å²) in [5, 5.41) is 5.56. The van der Waals surface area contributed by atoms with Crippen molar-refractivity contribution in [1.82, 2.24) is 20.1 Å². The number of nitrogens with zero attached hydrogens (tertiary/aromatic N) is 3. The van der Waals surface area contributed by atoms with Crippen molar-refractivity contribution in [2.45, 2.75) is 6.61 Å². The number of anilines is 1. The minimum atomic E-state index is -0.330. The van der Waals surface area contributed by atoms with Gasteiger partial charge in [0.25, 0.3) is 0 Å². The minimum Gasteiger partial charge on any atom is -0.485 e. The minimum absolute atomic E-state index is 0.184. The Bertz CT molecular complexity index is 781. The second kappa shape index (κ2) is 10.0. The number of amides is 2. The summed E-state index contributed by atoms with van der Waals surface area (Å²) in [5.74, 6) is 0.447. The van der Waals surface area contributed by atoms with Gasteiger partial charge in [0.2, 0.25) is 0 Å². The average Bonchev–Trinajstić information content (AvgIpc) is 2.69. The first kappa shape index (κ1) is 20.0. The quantitative estimate of drug-likeness (QED) is 0.762. The maximum Gasteiger partial charge on any atom is 0.320 e. The van der Waals surface area contributed by atoms with Crippen LogP contribution in [-0.2, 0) is 6.61 Å². The summed E-state index contributed by atoms with van der Waals surface area (Å²) in [6, 6.07) is 9.30. The fourth-order valence-corrected chi connectivity index (χ4v) is 2.94. The molecule has 2 amide bonds. The smallest absolute Gasteiger partial charge is 0.320 e. The predicted molar refractivity (Wildman–Crippen MR) is 106 cm³/mol. The fraction of sp³-hybridized carbons (Fsp3) is 0.400. The van der Waals surface area contributed by atoms with E-state index in [1.54, 1.807) is 30.5 Å². The van der Waals surface area contributed by atoms with E-state index in [9.17, 15) is 9.18 Å². The molecule has 0 aliphatic carbocycles. The van der Waals surface area contributed by atoms with Gasteiger partial charge in [0.1, 0.15) is 12.4 Å². The number of carbonyl (C=O) groups is 1. The Labute approximate surface area is 164 Å². The molecule has 28 heavy (non-hydrogen) atoms. The van der Waals surface area contributed by atoms with Gasteiger partial charge in [-0.15, -0.1) is 0 Å². The monoisotopic (exact) mass is 387 g/mol. The van der Waals surface area contributed by atoms with Crippen LogP contribution >= 0.6 is 0 Å². The molecule has 0 spiro atoms. The highest BCUT2D eigenvalue weighted by Gasteiger charge is 2.14. The molecule has 1 fully saturated rings. The second-order valence-corrected chi connectivity index (χ2v) is 6.79. The van der Waals surface area contributed by atoms with Crippen molar-refractivity contribution in [1.29, 1.82) is 0 Å². The molecule has 0 bridgehead atoms. The molecule has 0 atom stereocenters. The summed E-state index contributed by atoms with van der Waals surface area (Å²) >= 11 is 0. The number of carbonyl (C=O) groups excluding carboxylic acids is 1. The van der Waals surface area contributed by atoms with Crippen LogP contribution in [0.5, 0.6) is 5.75 Å². The largest absolute Gasteiger partial charge is 0.485 e. The second-order valence-electron chi connectivity index (χ2n) is 6.79. The molecule has 1 saturated heterocycles. The van der Waals surface area contributed by atoms with Crippen LogP contribution in [0.2, 0.25) is 0 Å². The zero-order valence-electron chi connectivity index (χ0n) is 16.0. The molecule has 150 valence electrons. The molecule has 2 N–H and O–H groups in total. The molecule has 1 aliphatic heterocycles. The van der Waals surface area contributed by atoms with Crippen LogP contribution in [0.1, 0.15) is 5.56 Å². The SMILES string of the molecule is CN1CCN(CCNC(=O)Nc2ncccc2OCc2cccc(F)c2)CC1. The van der Waals surface area contributed by atoms with Crippen LogP contribution in [0.25, 0.3) is 0 Å². The molecule has 3 rings (SSSR count). The van der Waals surface area contributed by atoms with Crippen LogP contribution in [0, 0.1) is 5.82 Å². The summed E-state index contributed by atoms with van der Waals surface area (Å²) in [5.41, 5.74) is 0.700. The van der Waals surface area contributed by atoms with E-state index in [0.717, 1.165) is 32.7 Å². The summed E-state index contributed by atoms with van der Waals surface area (Å²) in [4.78, 5) is 21.0. The lowest BCUT2D eigenvalue weighted by molar-refractivity contribution is 0.155. The van der Waals surface area contributed by atoms with Crippen LogP contribution in [0.3, 0.4) is 0 Å². The Balaban J connectivity index is 1.46. The zero-order chi connectivity index (χ0) is 19.8. The number of ether oxygens (including phenoxy) is 1. The summed E-state index contributed by atoms with van der Waals surface area (Å²) in [6.07, 6.45) is 1.58. The van der Waals surface area contributed by atoms with Gasteiger partial charge in [0.05, 0.1) is 0 Å². The van der Waals surface area contributed by atoms with Crippen LogP contribution in [-0.4, -0.2) is 67.1 Å². The predicted octanol–water partition coefficient (Wildman–Crippen LogP) is 2.17. The molecule has 0 unspecified atom stereocenters. The molecule has 7 nitrogen and oxygen atoms in total. The number of pyridine rings is 1. The topological polar surface area (TPSA) is 69.7 Å². The lowest BCUT2D eigenvalue weighted by Gasteiger charge is -2.32. The average molecular weight is 387 g/mol. The van der Waals surface area contributed by atoms with E-state index in [1.807, 2.05) is 0 Å². The molecule has 2 aromatic rings. The number of aromatic nitrogens is 1. The molecular formula is C20H26FN5O2. The Morgan fingerprint density at radius 2 is 2.04 bits per heavy atom. The van der Waals surface area contributed by atoms with Crippen molar-refractivity contribution in [2.24, 2.45) is 0 Å². The number of hydrogen-bond acceptors (Lipinski definition) is 5.